The maximum atomic E-state index is 14.2. The number of rotatable bonds is 10. The highest BCUT2D eigenvalue weighted by Gasteiger charge is 2.28. The summed E-state index contributed by atoms with van der Waals surface area (Å²) in [4.78, 5) is 12.5. The van der Waals surface area contributed by atoms with Crippen LogP contribution in [-0.4, -0.2) is 32.4 Å². The second-order valence-corrected chi connectivity index (χ2v) is 10.8. The van der Waals surface area contributed by atoms with Gasteiger partial charge < -0.3 is 9.47 Å². The fourth-order valence-electron chi connectivity index (χ4n) is 4.04. The molecule has 0 aliphatic carbocycles. The molecule has 4 aromatic rings. The van der Waals surface area contributed by atoms with Crippen molar-refractivity contribution in [3.63, 3.8) is 0 Å². The summed E-state index contributed by atoms with van der Waals surface area (Å²) < 4.78 is 40.2. The predicted molar refractivity (Wildman–Crippen MR) is 154 cm³/mol. The van der Waals surface area contributed by atoms with Crippen molar-refractivity contribution >= 4 is 27.8 Å². The normalized spacial score (nSPS) is 11.6. The number of methoxy groups -OCH3 is 1. The first-order valence-electron chi connectivity index (χ1n) is 12.6. The molecule has 7 heteroatoms. The van der Waals surface area contributed by atoms with E-state index in [1.165, 1.54) is 4.31 Å². The van der Waals surface area contributed by atoms with Gasteiger partial charge in [-0.1, -0.05) is 72.3 Å². The molecule has 39 heavy (non-hydrogen) atoms. The summed E-state index contributed by atoms with van der Waals surface area (Å²) in [5, 5.41) is 0. The molecule has 200 valence electrons. The van der Waals surface area contributed by atoms with Gasteiger partial charge in [0.2, 0.25) is 0 Å². The number of hydrogen-bond acceptors (Lipinski definition) is 5. The number of carbonyl (C=O) groups is 1. The van der Waals surface area contributed by atoms with Gasteiger partial charge in [0.1, 0.15) is 5.75 Å². The van der Waals surface area contributed by atoms with Gasteiger partial charge in [0, 0.05) is 0 Å². The van der Waals surface area contributed by atoms with E-state index < -0.39 is 16.0 Å². The predicted octanol–water partition coefficient (Wildman–Crippen LogP) is 6.57. The van der Waals surface area contributed by atoms with Gasteiger partial charge in [0.15, 0.2) is 0 Å². The Morgan fingerprint density at radius 1 is 0.821 bits per heavy atom. The first-order chi connectivity index (χ1) is 18.8. The second-order valence-electron chi connectivity index (χ2n) is 8.91. The number of hydrogen-bond donors (Lipinski definition) is 0. The van der Waals surface area contributed by atoms with Gasteiger partial charge in [-0.05, 0) is 73.0 Å². The van der Waals surface area contributed by atoms with Crippen molar-refractivity contribution in [3.8, 4) is 5.75 Å². The molecule has 0 unspecified atom stereocenters. The van der Waals surface area contributed by atoms with Gasteiger partial charge in [-0.25, -0.2) is 13.2 Å². The van der Waals surface area contributed by atoms with Crippen LogP contribution in [0.25, 0.3) is 11.8 Å². The summed E-state index contributed by atoms with van der Waals surface area (Å²) in [6.45, 7) is 4.04. The summed E-state index contributed by atoms with van der Waals surface area (Å²) in [7, 11) is -2.39. The summed E-state index contributed by atoms with van der Waals surface area (Å²) in [6.07, 6.45) is 1.83. The summed E-state index contributed by atoms with van der Waals surface area (Å²) >= 11 is 0. The molecule has 0 saturated heterocycles. The fourth-order valence-corrected chi connectivity index (χ4v) is 5.51. The highest BCUT2D eigenvalue weighted by atomic mass is 32.2. The monoisotopic (exact) mass is 541 g/mol. The number of esters is 1. The number of aryl methyl sites for hydroxylation is 1. The third-order valence-electron chi connectivity index (χ3n) is 6.16. The van der Waals surface area contributed by atoms with Crippen LogP contribution in [0, 0.1) is 6.92 Å². The largest absolute Gasteiger partial charge is 0.497 e. The molecule has 0 radical (unpaired) electrons. The van der Waals surface area contributed by atoms with Crippen molar-refractivity contribution in [3.05, 3.63) is 131 Å². The van der Waals surface area contributed by atoms with Crippen molar-refractivity contribution in [1.82, 2.24) is 4.31 Å². The number of carbonyl (C=O) groups excluding carboxylic acids is 1. The molecule has 6 nitrogen and oxygen atoms in total. The maximum Gasteiger partial charge on any atom is 0.338 e. The van der Waals surface area contributed by atoms with E-state index in [0.717, 1.165) is 16.7 Å². The van der Waals surface area contributed by atoms with E-state index in [0.29, 0.717) is 22.6 Å². The Kier molecular flexibility index (Phi) is 8.84. The minimum absolute atomic E-state index is 0.110. The highest BCUT2D eigenvalue weighted by molar-refractivity contribution is 7.89. The van der Waals surface area contributed by atoms with Crippen LogP contribution in [0.2, 0.25) is 0 Å². The Bertz CT molecular complexity index is 1530. The Balaban J connectivity index is 1.89. The van der Waals surface area contributed by atoms with Crippen molar-refractivity contribution in [2.75, 3.05) is 13.7 Å². The van der Waals surface area contributed by atoms with Crippen molar-refractivity contribution in [2.24, 2.45) is 0 Å². The average molecular weight is 542 g/mol. The molecule has 0 aromatic heterocycles. The summed E-state index contributed by atoms with van der Waals surface area (Å²) in [5.74, 6) is 0.263. The van der Waals surface area contributed by atoms with Gasteiger partial charge in [-0.3, -0.25) is 4.31 Å². The zero-order valence-corrected chi connectivity index (χ0v) is 23.0. The molecule has 4 aromatic carbocycles. The molecular formula is C32H31NO5S. The molecular weight excluding hydrogens is 510 g/mol. The smallest absolute Gasteiger partial charge is 0.338 e. The van der Waals surface area contributed by atoms with Crippen LogP contribution in [0.15, 0.2) is 108 Å². The van der Waals surface area contributed by atoms with Gasteiger partial charge in [-0.2, -0.15) is 0 Å². The molecule has 0 bridgehead atoms. The zero-order valence-electron chi connectivity index (χ0n) is 22.2. The minimum Gasteiger partial charge on any atom is -0.497 e. The minimum atomic E-state index is -3.98. The van der Waals surface area contributed by atoms with Gasteiger partial charge in [-0.15, -0.1) is 0 Å². The molecule has 0 N–H and O–H groups in total. The van der Waals surface area contributed by atoms with E-state index in [-0.39, 0.29) is 18.0 Å². The van der Waals surface area contributed by atoms with Crippen LogP contribution in [-0.2, 0) is 21.3 Å². The van der Waals surface area contributed by atoms with Crippen molar-refractivity contribution < 1.29 is 22.7 Å². The summed E-state index contributed by atoms with van der Waals surface area (Å²) in [6, 6.07) is 30.4. The number of sulfonamides is 1. The molecule has 0 saturated carbocycles. The molecule has 4 rings (SSSR count). The van der Waals surface area contributed by atoms with Crippen molar-refractivity contribution in [2.45, 2.75) is 25.3 Å². The molecule has 0 heterocycles. The van der Waals surface area contributed by atoms with Crippen LogP contribution in [0.4, 0.5) is 0 Å². The third-order valence-corrected chi connectivity index (χ3v) is 7.93. The first-order valence-corrected chi connectivity index (χ1v) is 14.0. The van der Waals surface area contributed by atoms with Crippen molar-refractivity contribution in [1.29, 1.82) is 0 Å². The van der Waals surface area contributed by atoms with E-state index in [1.807, 2.05) is 67.6 Å². The van der Waals surface area contributed by atoms with Crippen LogP contribution in [0.3, 0.4) is 0 Å². The van der Waals surface area contributed by atoms with Gasteiger partial charge in [0.05, 0.1) is 36.4 Å². The standard InChI is InChI=1S/C32H31NO5S/c1-4-38-32(34)28-16-14-27(15-17-28)31(22-25-12-18-29(37-3)19-13-25)33(23-26-8-6-5-7-9-26)39(35,36)30-20-10-24(2)11-21-30/h5-22H,4,23H2,1-3H3/b31-22+. The summed E-state index contributed by atoms with van der Waals surface area (Å²) in [5.41, 5.74) is 4.06. The number of ether oxygens (including phenoxy) is 2. The lowest BCUT2D eigenvalue weighted by atomic mass is 10.1. The molecule has 0 atom stereocenters. The number of nitrogens with zero attached hydrogens (tertiary/aromatic N) is 1. The topological polar surface area (TPSA) is 72.9 Å². The van der Waals surface area contributed by atoms with E-state index in [1.54, 1.807) is 62.6 Å². The Labute approximate surface area is 230 Å². The second kappa shape index (κ2) is 12.5. The molecule has 0 amide bonds. The molecule has 0 aliphatic heterocycles. The van der Waals surface area contributed by atoms with E-state index in [4.69, 9.17) is 9.47 Å². The maximum absolute atomic E-state index is 14.2. The van der Waals surface area contributed by atoms with Gasteiger partial charge >= 0.3 is 5.97 Å². The van der Waals surface area contributed by atoms with E-state index >= 15 is 0 Å². The Morgan fingerprint density at radius 2 is 1.44 bits per heavy atom. The SMILES string of the molecule is CCOC(=O)c1ccc(/C(=C\c2ccc(OC)cc2)N(Cc2ccccc2)S(=O)(=O)c2ccc(C)cc2)cc1. The van der Waals surface area contributed by atoms with E-state index in [2.05, 4.69) is 0 Å². The third kappa shape index (κ3) is 6.75. The van der Waals surface area contributed by atoms with Crippen LogP contribution in [0.5, 0.6) is 5.75 Å². The van der Waals surface area contributed by atoms with Crippen LogP contribution >= 0.6 is 0 Å². The molecule has 0 fully saturated rings. The lowest BCUT2D eigenvalue weighted by molar-refractivity contribution is 0.0526. The van der Waals surface area contributed by atoms with Crippen LogP contribution < -0.4 is 4.74 Å². The van der Waals surface area contributed by atoms with E-state index in [9.17, 15) is 13.2 Å². The lowest BCUT2D eigenvalue weighted by Crippen LogP contribution is -2.29. The van der Waals surface area contributed by atoms with Gasteiger partial charge in [0.25, 0.3) is 10.0 Å². The quantitative estimate of drug-likeness (QED) is 0.168. The number of benzene rings is 4. The molecule has 0 spiro atoms. The Morgan fingerprint density at radius 3 is 2.03 bits per heavy atom. The fraction of sp³-hybridized carbons (Fsp3) is 0.156. The first kappa shape index (κ1) is 27.7. The molecule has 0 aliphatic rings. The highest BCUT2D eigenvalue weighted by Crippen LogP contribution is 2.32. The average Bonchev–Trinajstić information content (AvgIpc) is 2.96. The van der Waals surface area contributed by atoms with Crippen LogP contribution in [0.1, 0.15) is 39.5 Å². The Hall–Kier alpha value is -4.36. The zero-order chi connectivity index (χ0) is 27.8. The lowest BCUT2D eigenvalue weighted by Gasteiger charge is -2.28.